The Bertz CT molecular complexity index is 820. The first-order valence-corrected chi connectivity index (χ1v) is 6.20. The van der Waals surface area contributed by atoms with Crippen LogP contribution < -0.4 is 0 Å². The van der Waals surface area contributed by atoms with Crippen molar-refractivity contribution in [2.75, 3.05) is 0 Å². The van der Waals surface area contributed by atoms with Crippen molar-refractivity contribution >= 4 is 28.2 Å². The number of nitro benzene ring substituents is 1. The largest absolute Gasteiger partial charge is 0.270 e. The summed E-state index contributed by atoms with van der Waals surface area (Å²) in [7, 11) is 0. The van der Waals surface area contributed by atoms with Crippen molar-refractivity contribution in [3.8, 4) is 11.3 Å². The summed E-state index contributed by atoms with van der Waals surface area (Å²) < 4.78 is 0. The van der Waals surface area contributed by atoms with Crippen LogP contribution >= 0.6 is 11.6 Å². The van der Waals surface area contributed by atoms with Crippen molar-refractivity contribution in [1.82, 2.24) is 10.2 Å². The topological polar surface area (TPSA) is 68.9 Å². The summed E-state index contributed by atoms with van der Waals surface area (Å²) >= 11 is 6.34. The fraction of sp³-hybridized carbons (Fsp3) is 0. The summed E-state index contributed by atoms with van der Waals surface area (Å²) in [6.07, 6.45) is 0. The highest BCUT2D eigenvalue weighted by atomic mass is 35.5. The van der Waals surface area contributed by atoms with Gasteiger partial charge in [0.05, 0.1) is 15.5 Å². The molecular formula is C14H8ClN3O2. The summed E-state index contributed by atoms with van der Waals surface area (Å²) in [5.74, 6) is 0. The second-order valence-electron chi connectivity index (χ2n) is 4.19. The van der Waals surface area contributed by atoms with Crippen LogP contribution in [0.5, 0.6) is 0 Å². The average molecular weight is 286 g/mol. The molecule has 1 heterocycles. The maximum absolute atomic E-state index is 10.8. The maximum Gasteiger partial charge on any atom is 0.270 e. The van der Waals surface area contributed by atoms with Gasteiger partial charge < -0.3 is 0 Å². The SMILES string of the molecule is O=[N+]([O-])c1cccc(-c2nnc3ccccc3c2Cl)c1. The Hall–Kier alpha value is -2.53. The van der Waals surface area contributed by atoms with E-state index in [2.05, 4.69) is 10.2 Å². The molecule has 0 amide bonds. The maximum atomic E-state index is 10.8. The van der Waals surface area contributed by atoms with E-state index in [4.69, 9.17) is 11.6 Å². The smallest absolute Gasteiger partial charge is 0.258 e. The number of non-ortho nitro benzene ring substituents is 1. The molecule has 0 aliphatic carbocycles. The van der Waals surface area contributed by atoms with E-state index in [9.17, 15) is 10.1 Å². The van der Waals surface area contributed by atoms with Gasteiger partial charge in [-0.1, -0.05) is 41.9 Å². The van der Waals surface area contributed by atoms with Crippen molar-refractivity contribution in [2.45, 2.75) is 0 Å². The van der Waals surface area contributed by atoms with Crippen molar-refractivity contribution < 1.29 is 4.92 Å². The van der Waals surface area contributed by atoms with E-state index in [0.29, 0.717) is 21.8 Å². The average Bonchev–Trinajstić information content (AvgIpc) is 2.48. The minimum atomic E-state index is -0.452. The number of nitrogens with zero attached hydrogens (tertiary/aromatic N) is 3. The van der Waals surface area contributed by atoms with Crippen LogP contribution in [0.25, 0.3) is 22.2 Å². The summed E-state index contributed by atoms with van der Waals surface area (Å²) in [4.78, 5) is 10.4. The normalized spacial score (nSPS) is 10.7. The molecule has 0 saturated heterocycles. The van der Waals surface area contributed by atoms with E-state index >= 15 is 0 Å². The van der Waals surface area contributed by atoms with E-state index in [1.807, 2.05) is 24.3 Å². The zero-order valence-corrected chi connectivity index (χ0v) is 10.9. The molecule has 0 radical (unpaired) electrons. The molecule has 3 aromatic rings. The van der Waals surface area contributed by atoms with Crippen LogP contribution in [0.4, 0.5) is 5.69 Å². The first kappa shape index (κ1) is 12.5. The van der Waals surface area contributed by atoms with Crippen LogP contribution in [0, 0.1) is 10.1 Å². The fourth-order valence-corrected chi connectivity index (χ4v) is 2.28. The zero-order chi connectivity index (χ0) is 14.1. The Morgan fingerprint density at radius 1 is 1.05 bits per heavy atom. The van der Waals surface area contributed by atoms with Gasteiger partial charge in [-0.25, -0.2) is 0 Å². The van der Waals surface area contributed by atoms with Crippen LogP contribution in [-0.4, -0.2) is 15.1 Å². The lowest BCUT2D eigenvalue weighted by Crippen LogP contribution is -1.93. The molecule has 5 nitrogen and oxygen atoms in total. The van der Waals surface area contributed by atoms with Gasteiger partial charge in [0.15, 0.2) is 0 Å². The van der Waals surface area contributed by atoms with Crippen LogP contribution in [0.15, 0.2) is 48.5 Å². The molecule has 0 fully saturated rings. The lowest BCUT2D eigenvalue weighted by atomic mass is 10.1. The quantitative estimate of drug-likeness (QED) is 0.529. The van der Waals surface area contributed by atoms with Gasteiger partial charge in [0.1, 0.15) is 5.69 Å². The number of nitro groups is 1. The number of halogens is 1. The molecule has 0 bridgehead atoms. The van der Waals surface area contributed by atoms with E-state index in [1.165, 1.54) is 12.1 Å². The molecule has 0 unspecified atom stereocenters. The van der Waals surface area contributed by atoms with E-state index in [0.717, 1.165) is 5.39 Å². The third-order valence-electron chi connectivity index (χ3n) is 2.94. The minimum absolute atomic E-state index is 0.00600. The van der Waals surface area contributed by atoms with Gasteiger partial charge in [-0.2, -0.15) is 0 Å². The van der Waals surface area contributed by atoms with Gasteiger partial charge in [0.2, 0.25) is 0 Å². The number of rotatable bonds is 2. The van der Waals surface area contributed by atoms with Gasteiger partial charge in [0.25, 0.3) is 5.69 Å². The number of hydrogen-bond acceptors (Lipinski definition) is 4. The fourth-order valence-electron chi connectivity index (χ4n) is 1.97. The molecule has 98 valence electrons. The Kier molecular flexibility index (Phi) is 3.04. The van der Waals surface area contributed by atoms with Crippen molar-refractivity contribution in [3.63, 3.8) is 0 Å². The highest BCUT2D eigenvalue weighted by Crippen LogP contribution is 2.32. The molecule has 0 saturated carbocycles. The molecule has 0 aliphatic rings. The van der Waals surface area contributed by atoms with Gasteiger partial charge in [-0.15, -0.1) is 10.2 Å². The van der Waals surface area contributed by atoms with Crippen LogP contribution in [0.1, 0.15) is 0 Å². The number of fused-ring (bicyclic) bond motifs is 1. The molecular weight excluding hydrogens is 278 g/mol. The van der Waals surface area contributed by atoms with E-state index in [-0.39, 0.29) is 5.69 Å². The number of hydrogen-bond donors (Lipinski definition) is 0. The Morgan fingerprint density at radius 2 is 1.85 bits per heavy atom. The highest BCUT2D eigenvalue weighted by molar-refractivity contribution is 6.37. The second kappa shape index (κ2) is 4.86. The number of aromatic nitrogens is 2. The van der Waals surface area contributed by atoms with Gasteiger partial charge >= 0.3 is 0 Å². The molecule has 0 N–H and O–H groups in total. The highest BCUT2D eigenvalue weighted by Gasteiger charge is 2.13. The first-order chi connectivity index (χ1) is 9.66. The molecule has 1 aromatic heterocycles. The van der Waals surface area contributed by atoms with Crippen LogP contribution in [-0.2, 0) is 0 Å². The van der Waals surface area contributed by atoms with Crippen molar-refractivity contribution in [3.05, 3.63) is 63.7 Å². The Balaban J connectivity index is 2.22. The standard InChI is InChI=1S/C14H8ClN3O2/c15-13-11-6-1-2-7-12(11)16-17-14(13)9-4-3-5-10(8-9)18(19)20/h1-8H. The van der Waals surface area contributed by atoms with E-state index < -0.39 is 4.92 Å². The molecule has 3 rings (SSSR count). The van der Waals surface area contributed by atoms with Crippen molar-refractivity contribution in [1.29, 1.82) is 0 Å². The third kappa shape index (κ3) is 2.08. The lowest BCUT2D eigenvalue weighted by molar-refractivity contribution is -0.384. The zero-order valence-electron chi connectivity index (χ0n) is 10.2. The summed E-state index contributed by atoms with van der Waals surface area (Å²) in [5, 5.41) is 20.2. The van der Waals surface area contributed by atoms with Crippen molar-refractivity contribution in [2.24, 2.45) is 0 Å². The molecule has 0 aliphatic heterocycles. The summed E-state index contributed by atoms with van der Waals surface area (Å²) in [5.41, 5.74) is 1.69. The molecule has 2 aromatic carbocycles. The summed E-state index contributed by atoms with van der Waals surface area (Å²) in [6.45, 7) is 0. The van der Waals surface area contributed by atoms with E-state index in [1.54, 1.807) is 12.1 Å². The molecule has 0 spiro atoms. The van der Waals surface area contributed by atoms with Gasteiger partial charge in [0, 0.05) is 23.1 Å². The van der Waals surface area contributed by atoms with Gasteiger partial charge in [-0.05, 0) is 6.07 Å². The monoisotopic (exact) mass is 285 g/mol. The minimum Gasteiger partial charge on any atom is -0.258 e. The molecule has 20 heavy (non-hydrogen) atoms. The number of benzene rings is 2. The Labute approximate surface area is 119 Å². The Morgan fingerprint density at radius 3 is 2.65 bits per heavy atom. The first-order valence-electron chi connectivity index (χ1n) is 5.82. The molecule has 6 heteroatoms. The predicted octanol–water partition coefficient (Wildman–Crippen LogP) is 3.86. The summed E-state index contributed by atoms with van der Waals surface area (Å²) in [6, 6.07) is 13.5. The van der Waals surface area contributed by atoms with Gasteiger partial charge in [-0.3, -0.25) is 10.1 Å². The molecule has 0 atom stereocenters. The second-order valence-corrected chi connectivity index (χ2v) is 4.57. The predicted molar refractivity (Wildman–Crippen MR) is 76.6 cm³/mol. The lowest BCUT2D eigenvalue weighted by Gasteiger charge is -2.05. The third-order valence-corrected chi connectivity index (χ3v) is 3.32. The van der Waals surface area contributed by atoms with Crippen LogP contribution in [0.2, 0.25) is 5.02 Å². The van der Waals surface area contributed by atoms with Crippen LogP contribution in [0.3, 0.4) is 0 Å².